The van der Waals surface area contributed by atoms with E-state index in [-0.39, 0.29) is 18.0 Å². The minimum absolute atomic E-state index is 0.0691. The van der Waals surface area contributed by atoms with Gasteiger partial charge in [-0.3, -0.25) is 4.79 Å². The zero-order valence-corrected chi connectivity index (χ0v) is 11.8. The molecule has 0 aromatic heterocycles. The predicted octanol–water partition coefficient (Wildman–Crippen LogP) is 1.75. The SMILES string of the molecule is CNCc1ccc(N2CCNC(=O)CC2)cc1C(F)(F)F. The zero-order chi connectivity index (χ0) is 15.5. The molecule has 0 spiro atoms. The monoisotopic (exact) mass is 301 g/mol. The smallest absolute Gasteiger partial charge is 0.369 e. The largest absolute Gasteiger partial charge is 0.416 e. The highest BCUT2D eigenvalue weighted by molar-refractivity contribution is 5.77. The predicted molar refractivity (Wildman–Crippen MR) is 74.0 cm³/mol. The van der Waals surface area contributed by atoms with Crippen LogP contribution >= 0.6 is 0 Å². The van der Waals surface area contributed by atoms with E-state index in [0.717, 1.165) is 0 Å². The van der Waals surface area contributed by atoms with Crippen LogP contribution in [0.25, 0.3) is 0 Å². The molecule has 116 valence electrons. The van der Waals surface area contributed by atoms with Gasteiger partial charge in [0.1, 0.15) is 0 Å². The van der Waals surface area contributed by atoms with Gasteiger partial charge in [0, 0.05) is 38.3 Å². The Balaban J connectivity index is 2.30. The van der Waals surface area contributed by atoms with E-state index >= 15 is 0 Å². The van der Waals surface area contributed by atoms with Crippen LogP contribution in [0.2, 0.25) is 0 Å². The number of hydrogen-bond acceptors (Lipinski definition) is 3. The van der Waals surface area contributed by atoms with Gasteiger partial charge >= 0.3 is 6.18 Å². The Morgan fingerprint density at radius 1 is 1.33 bits per heavy atom. The zero-order valence-electron chi connectivity index (χ0n) is 11.8. The molecule has 0 unspecified atom stereocenters. The third-order valence-electron chi connectivity index (χ3n) is 3.44. The molecule has 0 bridgehead atoms. The lowest BCUT2D eigenvalue weighted by molar-refractivity contribution is -0.138. The molecule has 1 aromatic rings. The Hall–Kier alpha value is -1.76. The lowest BCUT2D eigenvalue weighted by Crippen LogP contribution is -2.28. The average molecular weight is 301 g/mol. The molecular formula is C14H18F3N3O. The summed E-state index contributed by atoms with van der Waals surface area (Å²) in [6, 6.07) is 4.34. The van der Waals surface area contributed by atoms with Gasteiger partial charge < -0.3 is 15.5 Å². The number of alkyl halides is 3. The molecular weight excluding hydrogens is 283 g/mol. The van der Waals surface area contributed by atoms with Gasteiger partial charge in [-0.25, -0.2) is 0 Å². The summed E-state index contributed by atoms with van der Waals surface area (Å²) in [7, 11) is 1.61. The van der Waals surface area contributed by atoms with Crippen molar-refractivity contribution >= 4 is 11.6 Å². The Morgan fingerprint density at radius 3 is 2.76 bits per heavy atom. The van der Waals surface area contributed by atoms with Crippen LogP contribution in [-0.4, -0.2) is 32.6 Å². The molecule has 7 heteroatoms. The quantitative estimate of drug-likeness (QED) is 0.894. The van der Waals surface area contributed by atoms with E-state index in [9.17, 15) is 18.0 Å². The molecule has 0 aliphatic carbocycles. The van der Waals surface area contributed by atoms with Crippen LogP contribution in [0.15, 0.2) is 18.2 Å². The number of anilines is 1. The van der Waals surface area contributed by atoms with Gasteiger partial charge in [0.2, 0.25) is 5.91 Å². The fourth-order valence-electron chi connectivity index (χ4n) is 2.39. The summed E-state index contributed by atoms with van der Waals surface area (Å²) in [5.74, 6) is -0.0691. The number of carbonyl (C=O) groups is 1. The topological polar surface area (TPSA) is 44.4 Å². The molecule has 1 aromatic carbocycles. The third kappa shape index (κ3) is 3.87. The van der Waals surface area contributed by atoms with Gasteiger partial charge in [-0.1, -0.05) is 6.07 Å². The first-order valence-corrected chi connectivity index (χ1v) is 6.78. The maximum atomic E-state index is 13.1. The van der Waals surface area contributed by atoms with Crippen molar-refractivity contribution in [2.45, 2.75) is 19.1 Å². The van der Waals surface area contributed by atoms with Gasteiger partial charge in [-0.2, -0.15) is 13.2 Å². The van der Waals surface area contributed by atoms with Crippen LogP contribution in [-0.2, 0) is 17.5 Å². The standard InChI is InChI=1S/C14H18F3N3O/c1-18-9-10-2-3-11(8-12(10)14(15,16)17)20-6-4-13(21)19-5-7-20/h2-3,8,18H,4-7,9H2,1H3,(H,19,21). The summed E-state index contributed by atoms with van der Waals surface area (Å²) in [6.07, 6.45) is -4.10. The molecule has 1 aliphatic rings. The number of rotatable bonds is 3. The summed E-state index contributed by atoms with van der Waals surface area (Å²) < 4.78 is 39.4. The summed E-state index contributed by atoms with van der Waals surface area (Å²) in [5, 5.41) is 5.45. The maximum Gasteiger partial charge on any atom is 0.416 e. The van der Waals surface area contributed by atoms with Crippen molar-refractivity contribution in [3.05, 3.63) is 29.3 Å². The lowest BCUT2D eigenvalue weighted by atomic mass is 10.1. The lowest BCUT2D eigenvalue weighted by Gasteiger charge is -2.24. The molecule has 0 saturated carbocycles. The Kier molecular flexibility index (Phi) is 4.72. The van der Waals surface area contributed by atoms with Gasteiger partial charge in [-0.05, 0) is 24.7 Å². The first-order chi connectivity index (χ1) is 9.91. The van der Waals surface area contributed by atoms with E-state index < -0.39 is 11.7 Å². The van der Waals surface area contributed by atoms with Crippen molar-refractivity contribution < 1.29 is 18.0 Å². The maximum absolute atomic E-state index is 13.1. The molecule has 1 amide bonds. The van der Waals surface area contributed by atoms with Crippen LogP contribution < -0.4 is 15.5 Å². The second-order valence-electron chi connectivity index (χ2n) is 4.96. The van der Waals surface area contributed by atoms with E-state index in [1.807, 2.05) is 0 Å². The number of hydrogen-bond donors (Lipinski definition) is 2. The number of benzene rings is 1. The van der Waals surface area contributed by atoms with Crippen molar-refractivity contribution in [3.63, 3.8) is 0 Å². The summed E-state index contributed by atoms with van der Waals surface area (Å²) in [4.78, 5) is 13.1. The summed E-state index contributed by atoms with van der Waals surface area (Å²) >= 11 is 0. The average Bonchev–Trinajstić information content (AvgIpc) is 2.63. The number of nitrogens with zero attached hydrogens (tertiary/aromatic N) is 1. The summed E-state index contributed by atoms with van der Waals surface area (Å²) in [6.45, 7) is 1.54. The van der Waals surface area contributed by atoms with Crippen molar-refractivity contribution in [2.24, 2.45) is 0 Å². The highest BCUT2D eigenvalue weighted by Crippen LogP contribution is 2.34. The molecule has 2 N–H and O–H groups in total. The highest BCUT2D eigenvalue weighted by Gasteiger charge is 2.33. The van der Waals surface area contributed by atoms with Crippen LogP contribution in [0.4, 0.5) is 18.9 Å². The van der Waals surface area contributed by atoms with Crippen LogP contribution in [0, 0.1) is 0 Å². The number of nitrogens with one attached hydrogen (secondary N) is 2. The summed E-state index contributed by atoms with van der Waals surface area (Å²) in [5.41, 5.74) is 0.0920. The number of halogens is 3. The fourth-order valence-corrected chi connectivity index (χ4v) is 2.39. The van der Waals surface area contributed by atoms with Crippen molar-refractivity contribution in [1.29, 1.82) is 0 Å². The molecule has 0 atom stereocenters. The minimum atomic E-state index is -4.39. The molecule has 21 heavy (non-hydrogen) atoms. The van der Waals surface area contributed by atoms with Gasteiger partial charge in [-0.15, -0.1) is 0 Å². The number of amides is 1. The Morgan fingerprint density at radius 2 is 2.10 bits per heavy atom. The van der Waals surface area contributed by atoms with Crippen LogP contribution in [0.1, 0.15) is 17.5 Å². The van der Waals surface area contributed by atoms with Crippen LogP contribution in [0.5, 0.6) is 0 Å². The first kappa shape index (κ1) is 15.6. The minimum Gasteiger partial charge on any atom is -0.369 e. The molecule has 2 rings (SSSR count). The third-order valence-corrected chi connectivity index (χ3v) is 3.44. The van der Waals surface area contributed by atoms with Gasteiger partial charge in [0.05, 0.1) is 5.56 Å². The van der Waals surface area contributed by atoms with E-state index in [1.165, 1.54) is 12.1 Å². The molecule has 1 saturated heterocycles. The first-order valence-electron chi connectivity index (χ1n) is 6.78. The van der Waals surface area contributed by atoms with E-state index in [2.05, 4.69) is 10.6 Å². The van der Waals surface area contributed by atoms with Gasteiger partial charge in [0.25, 0.3) is 0 Å². The van der Waals surface area contributed by atoms with E-state index in [4.69, 9.17) is 0 Å². The normalized spacial score (nSPS) is 16.6. The van der Waals surface area contributed by atoms with Gasteiger partial charge in [0.15, 0.2) is 0 Å². The molecule has 4 nitrogen and oxygen atoms in total. The Labute approximate surface area is 121 Å². The second kappa shape index (κ2) is 6.34. The second-order valence-corrected chi connectivity index (χ2v) is 4.96. The highest BCUT2D eigenvalue weighted by atomic mass is 19.4. The number of carbonyl (C=O) groups excluding carboxylic acids is 1. The van der Waals surface area contributed by atoms with Crippen molar-refractivity contribution in [2.75, 3.05) is 31.6 Å². The van der Waals surface area contributed by atoms with E-state index in [1.54, 1.807) is 18.0 Å². The molecule has 1 fully saturated rings. The van der Waals surface area contributed by atoms with Crippen molar-refractivity contribution in [1.82, 2.24) is 10.6 Å². The molecule has 0 radical (unpaired) electrons. The Bertz CT molecular complexity index is 517. The van der Waals surface area contributed by atoms with Crippen LogP contribution in [0.3, 0.4) is 0 Å². The molecule has 1 heterocycles. The van der Waals surface area contributed by atoms with E-state index in [0.29, 0.717) is 31.7 Å². The fraction of sp³-hybridized carbons (Fsp3) is 0.500. The molecule has 1 aliphatic heterocycles. The van der Waals surface area contributed by atoms with Crippen molar-refractivity contribution in [3.8, 4) is 0 Å².